The number of fused-ring (bicyclic) bond motifs is 2. The van der Waals surface area contributed by atoms with Gasteiger partial charge in [-0.05, 0) is 30.1 Å². The van der Waals surface area contributed by atoms with E-state index in [2.05, 4.69) is 25.9 Å². The summed E-state index contributed by atoms with van der Waals surface area (Å²) in [6.45, 7) is 7.23. The molecule has 2 bridgehead atoms. The van der Waals surface area contributed by atoms with Crippen LogP contribution in [0.4, 0.5) is 5.82 Å². The first-order valence-corrected chi connectivity index (χ1v) is 8.78. The Bertz CT molecular complexity index is 679. The van der Waals surface area contributed by atoms with Crippen LogP contribution in [0.3, 0.4) is 0 Å². The van der Waals surface area contributed by atoms with Crippen molar-refractivity contribution in [1.82, 2.24) is 14.1 Å². The van der Waals surface area contributed by atoms with Gasteiger partial charge in [0, 0.05) is 25.8 Å². The zero-order chi connectivity index (χ0) is 15.6. The molecule has 2 fully saturated rings. The SMILES string of the molecule is Cn1cc(S(=O)(=O)N2CC3(C)CC2CC(C)(C)C3)c(N)n1. The Kier molecular flexibility index (Phi) is 2.99. The molecule has 6 nitrogen and oxygen atoms in total. The van der Waals surface area contributed by atoms with Gasteiger partial charge in [-0.25, -0.2) is 8.42 Å². The van der Waals surface area contributed by atoms with E-state index in [0.29, 0.717) is 6.54 Å². The normalized spacial score (nSPS) is 32.5. The van der Waals surface area contributed by atoms with Crippen molar-refractivity contribution in [2.24, 2.45) is 17.9 Å². The average Bonchev–Trinajstić information content (AvgIpc) is 2.75. The highest BCUT2D eigenvalue weighted by molar-refractivity contribution is 7.89. The molecule has 2 aliphatic rings. The number of nitrogen functional groups attached to an aromatic ring is 1. The van der Waals surface area contributed by atoms with Crippen LogP contribution < -0.4 is 5.73 Å². The number of aryl methyl sites for hydroxylation is 1. The van der Waals surface area contributed by atoms with Crippen LogP contribution >= 0.6 is 0 Å². The first-order chi connectivity index (χ1) is 9.52. The third-order valence-corrected chi connectivity index (χ3v) is 6.69. The zero-order valence-corrected chi connectivity index (χ0v) is 13.9. The van der Waals surface area contributed by atoms with Gasteiger partial charge in [0.25, 0.3) is 0 Å². The zero-order valence-electron chi connectivity index (χ0n) is 13.1. The van der Waals surface area contributed by atoms with Gasteiger partial charge in [0.2, 0.25) is 10.0 Å². The van der Waals surface area contributed by atoms with Gasteiger partial charge >= 0.3 is 0 Å². The molecule has 0 amide bonds. The second-order valence-corrected chi connectivity index (χ2v) is 9.68. The summed E-state index contributed by atoms with van der Waals surface area (Å²) >= 11 is 0. The van der Waals surface area contributed by atoms with Crippen LogP contribution in [0.15, 0.2) is 11.1 Å². The lowest BCUT2D eigenvalue weighted by Crippen LogP contribution is -2.37. The molecule has 1 aromatic rings. The van der Waals surface area contributed by atoms with Crippen LogP contribution in [-0.2, 0) is 17.1 Å². The maximum atomic E-state index is 13.0. The van der Waals surface area contributed by atoms with E-state index in [1.54, 1.807) is 11.4 Å². The van der Waals surface area contributed by atoms with E-state index in [9.17, 15) is 8.42 Å². The maximum absolute atomic E-state index is 13.0. The first kappa shape index (κ1) is 14.8. The summed E-state index contributed by atoms with van der Waals surface area (Å²) in [5.41, 5.74) is 6.03. The predicted octanol–water partition coefficient (Wildman–Crippen LogP) is 1.59. The summed E-state index contributed by atoms with van der Waals surface area (Å²) in [6.07, 6.45) is 4.41. The van der Waals surface area contributed by atoms with Crippen molar-refractivity contribution in [3.05, 3.63) is 6.20 Å². The third-order valence-electron chi connectivity index (χ3n) is 4.78. The van der Waals surface area contributed by atoms with Crippen molar-refractivity contribution in [1.29, 1.82) is 0 Å². The number of sulfonamides is 1. The molecule has 0 aromatic carbocycles. The van der Waals surface area contributed by atoms with E-state index >= 15 is 0 Å². The standard InChI is InChI=1S/C14H24N4O2S/c1-13(2)5-10-6-14(3,8-13)9-18(10)21(19,20)11-7-17(4)16-12(11)15/h7,10H,5-6,8-9H2,1-4H3,(H2,15,16). The molecule has 3 rings (SSSR count). The molecule has 0 radical (unpaired) electrons. The Morgan fingerprint density at radius 2 is 2.00 bits per heavy atom. The van der Waals surface area contributed by atoms with Crippen molar-refractivity contribution >= 4 is 15.8 Å². The Hall–Kier alpha value is -1.08. The molecule has 2 heterocycles. The monoisotopic (exact) mass is 312 g/mol. The van der Waals surface area contributed by atoms with Crippen LogP contribution in [0.1, 0.15) is 40.0 Å². The van der Waals surface area contributed by atoms with E-state index < -0.39 is 10.0 Å². The van der Waals surface area contributed by atoms with Gasteiger partial charge in [-0.2, -0.15) is 9.40 Å². The number of hydrogen-bond donors (Lipinski definition) is 1. The molecular formula is C14H24N4O2S. The van der Waals surface area contributed by atoms with Gasteiger partial charge in [-0.15, -0.1) is 0 Å². The van der Waals surface area contributed by atoms with E-state index in [1.807, 2.05) is 0 Å². The largest absolute Gasteiger partial charge is 0.381 e. The van der Waals surface area contributed by atoms with Gasteiger partial charge in [-0.3, -0.25) is 4.68 Å². The summed E-state index contributed by atoms with van der Waals surface area (Å²) in [6, 6.07) is 0.0726. The molecule has 21 heavy (non-hydrogen) atoms. The van der Waals surface area contributed by atoms with Crippen LogP contribution in [0.5, 0.6) is 0 Å². The Balaban J connectivity index is 2.00. The topological polar surface area (TPSA) is 81.2 Å². The van der Waals surface area contributed by atoms with Crippen molar-refractivity contribution in [2.75, 3.05) is 12.3 Å². The second kappa shape index (κ2) is 4.23. The molecule has 1 saturated heterocycles. The Morgan fingerprint density at radius 3 is 2.57 bits per heavy atom. The van der Waals surface area contributed by atoms with Gasteiger partial charge in [0.1, 0.15) is 4.90 Å². The highest BCUT2D eigenvalue weighted by Crippen LogP contribution is 2.53. The highest BCUT2D eigenvalue weighted by Gasteiger charge is 2.53. The van der Waals surface area contributed by atoms with Crippen LogP contribution in [0.25, 0.3) is 0 Å². The van der Waals surface area contributed by atoms with Crippen LogP contribution in [0.2, 0.25) is 0 Å². The smallest absolute Gasteiger partial charge is 0.248 e. The number of anilines is 1. The fraction of sp³-hybridized carbons (Fsp3) is 0.786. The Morgan fingerprint density at radius 1 is 1.33 bits per heavy atom. The minimum Gasteiger partial charge on any atom is -0.381 e. The highest BCUT2D eigenvalue weighted by atomic mass is 32.2. The van der Waals surface area contributed by atoms with Gasteiger partial charge in [0.15, 0.2) is 5.82 Å². The lowest BCUT2D eigenvalue weighted by atomic mass is 9.65. The molecule has 2 N–H and O–H groups in total. The number of nitrogens with zero attached hydrogens (tertiary/aromatic N) is 3. The van der Waals surface area contributed by atoms with Crippen molar-refractivity contribution in [3.8, 4) is 0 Å². The number of rotatable bonds is 2. The van der Waals surface area contributed by atoms with Crippen LogP contribution in [-0.4, -0.2) is 35.1 Å². The van der Waals surface area contributed by atoms with Gasteiger partial charge in [0.05, 0.1) is 0 Å². The summed E-state index contributed by atoms with van der Waals surface area (Å²) in [5, 5.41) is 3.97. The second-order valence-electron chi connectivity index (χ2n) is 7.82. The molecule has 2 atom stereocenters. The summed E-state index contributed by atoms with van der Waals surface area (Å²) in [5.74, 6) is 0.0864. The van der Waals surface area contributed by atoms with Crippen molar-refractivity contribution in [2.45, 2.75) is 51.0 Å². The minimum atomic E-state index is -3.57. The number of aromatic nitrogens is 2. The minimum absolute atomic E-state index is 0.0659. The fourth-order valence-corrected chi connectivity index (χ4v) is 6.36. The maximum Gasteiger partial charge on any atom is 0.248 e. The Labute approximate surface area is 126 Å². The quantitative estimate of drug-likeness (QED) is 0.899. The molecule has 118 valence electrons. The van der Waals surface area contributed by atoms with Gasteiger partial charge < -0.3 is 5.73 Å². The predicted molar refractivity (Wildman–Crippen MR) is 81.0 cm³/mol. The third kappa shape index (κ3) is 2.36. The average molecular weight is 312 g/mol. The molecular weight excluding hydrogens is 288 g/mol. The molecule has 1 saturated carbocycles. The number of hydrogen-bond acceptors (Lipinski definition) is 4. The fourth-order valence-electron chi connectivity index (χ4n) is 4.50. The molecule has 1 aliphatic carbocycles. The number of nitrogens with two attached hydrogens (primary N) is 1. The van der Waals surface area contributed by atoms with E-state index in [-0.39, 0.29) is 27.6 Å². The summed E-state index contributed by atoms with van der Waals surface area (Å²) < 4.78 is 29.0. The van der Waals surface area contributed by atoms with Crippen LogP contribution in [0, 0.1) is 10.8 Å². The van der Waals surface area contributed by atoms with Crippen molar-refractivity contribution < 1.29 is 8.42 Å². The molecule has 1 aromatic heterocycles. The summed E-state index contributed by atoms with van der Waals surface area (Å²) in [4.78, 5) is 0.138. The first-order valence-electron chi connectivity index (χ1n) is 7.34. The van der Waals surface area contributed by atoms with E-state index in [1.165, 1.54) is 10.9 Å². The van der Waals surface area contributed by atoms with E-state index in [4.69, 9.17) is 5.73 Å². The molecule has 7 heteroatoms. The molecule has 0 spiro atoms. The molecule has 1 aliphatic heterocycles. The summed E-state index contributed by atoms with van der Waals surface area (Å²) in [7, 11) is -1.88. The lowest BCUT2D eigenvalue weighted by molar-refractivity contribution is 0.133. The lowest BCUT2D eigenvalue weighted by Gasteiger charge is -2.39. The molecule has 2 unspecified atom stereocenters. The van der Waals surface area contributed by atoms with Gasteiger partial charge in [-0.1, -0.05) is 20.8 Å². The van der Waals surface area contributed by atoms with E-state index in [0.717, 1.165) is 19.3 Å². The van der Waals surface area contributed by atoms with Crippen molar-refractivity contribution in [3.63, 3.8) is 0 Å².